The third-order valence-electron chi connectivity index (χ3n) is 2.93. The predicted octanol–water partition coefficient (Wildman–Crippen LogP) is 0.147. The van der Waals surface area contributed by atoms with Crippen molar-refractivity contribution in [2.24, 2.45) is 11.5 Å². The summed E-state index contributed by atoms with van der Waals surface area (Å²) in [5, 5.41) is 0. The van der Waals surface area contributed by atoms with Crippen LogP contribution in [0.1, 0.15) is 26.7 Å². The van der Waals surface area contributed by atoms with Gasteiger partial charge in [0.25, 0.3) is 0 Å². The van der Waals surface area contributed by atoms with Gasteiger partial charge in [-0.15, -0.1) is 0 Å². The highest BCUT2D eigenvalue weighted by molar-refractivity contribution is 4.91. The van der Waals surface area contributed by atoms with E-state index in [2.05, 4.69) is 18.7 Å². The van der Waals surface area contributed by atoms with Crippen molar-refractivity contribution in [1.29, 1.82) is 0 Å². The average Bonchev–Trinajstić information content (AvgIpc) is 2.05. The van der Waals surface area contributed by atoms with Crippen molar-refractivity contribution >= 4 is 0 Å². The Kier molecular flexibility index (Phi) is 3.09. The molecule has 0 aromatic heterocycles. The van der Waals surface area contributed by atoms with E-state index >= 15 is 0 Å². The van der Waals surface area contributed by atoms with Gasteiger partial charge in [-0.2, -0.15) is 0 Å². The van der Waals surface area contributed by atoms with Gasteiger partial charge >= 0.3 is 0 Å². The third-order valence-corrected chi connectivity index (χ3v) is 2.93. The highest BCUT2D eigenvalue weighted by atomic mass is 15.2. The molecule has 1 aliphatic heterocycles. The zero-order valence-corrected chi connectivity index (χ0v) is 8.21. The van der Waals surface area contributed by atoms with Gasteiger partial charge < -0.3 is 16.4 Å². The van der Waals surface area contributed by atoms with Gasteiger partial charge in [0.1, 0.15) is 0 Å². The van der Waals surface area contributed by atoms with Crippen LogP contribution in [-0.2, 0) is 0 Å². The molecule has 3 nitrogen and oxygen atoms in total. The molecule has 0 bridgehead atoms. The van der Waals surface area contributed by atoms with Crippen LogP contribution in [0, 0.1) is 0 Å². The predicted molar refractivity (Wildman–Crippen MR) is 51.9 cm³/mol. The van der Waals surface area contributed by atoms with Crippen LogP contribution in [0.4, 0.5) is 0 Å². The standard InChI is InChI=1S/C9H21N3/c1-8(2)12-5-3-9(11,7-10)4-6-12/h8H,3-7,10-11H2,1-2H3. The fourth-order valence-electron chi connectivity index (χ4n) is 1.69. The summed E-state index contributed by atoms with van der Waals surface area (Å²) in [7, 11) is 0. The van der Waals surface area contributed by atoms with E-state index < -0.39 is 0 Å². The molecule has 1 aliphatic rings. The lowest BCUT2D eigenvalue weighted by Gasteiger charge is -2.40. The van der Waals surface area contributed by atoms with Gasteiger partial charge in [0, 0.05) is 31.2 Å². The van der Waals surface area contributed by atoms with E-state index in [4.69, 9.17) is 11.5 Å². The molecule has 3 heteroatoms. The smallest absolute Gasteiger partial charge is 0.0303 e. The van der Waals surface area contributed by atoms with Gasteiger partial charge in [0.05, 0.1) is 0 Å². The Morgan fingerprint density at radius 2 is 1.83 bits per heavy atom. The molecule has 0 aliphatic carbocycles. The van der Waals surface area contributed by atoms with Gasteiger partial charge in [0.15, 0.2) is 0 Å². The van der Waals surface area contributed by atoms with Gasteiger partial charge in [-0.3, -0.25) is 0 Å². The summed E-state index contributed by atoms with van der Waals surface area (Å²) < 4.78 is 0. The monoisotopic (exact) mass is 171 g/mol. The van der Waals surface area contributed by atoms with Crippen molar-refractivity contribution in [3.05, 3.63) is 0 Å². The van der Waals surface area contributed by atoms with Crippen molar-refractivity contribution in [3.8, 4) is 0 Å². The molecule has 0 aromatic rings. The average molecular weight is 171 g/mol. The molecule has 1 fully saturated rings. The zero-order valence-electron chi connectivity index (χ0n) is 8.21. The SMILES string of the molecule is CC(C)N1CCC(N)(CN)CC1. The van der Waals surface area contributed by atoms with Crippen LogP contribution in [0.25, 0.3) is 0 Å². The second-order valence-corrected chi connectivity index (χ2v) is 4.20. The van der Waals surface area contributed by atoms with Crippen LogP contribution in [0.5, 0.6) is 0 Å². The number of likely N-dealkylation sites (tertiary alicyclic amines) is 1. The van der Waals surface area contributed by atoms with Gasteiger partial charge in [-0.1, -0.05) is 0 Å². The van der Waals surface area contributed by atoms with Gasteiger partial charge in [0.2, 0.25) is 0 Å². The topological polar surface area (TPSA) is 55.3 Å². The van der Waals surface area contributed by atoms with E-state index in [0.717, 1.165) is 25.9 Å². The van der Waals surface area contributed by atoms with E-state index in [1.807, 2.05) is 0 Å². The Hall–Kier alpha value is -0.120. The van der Waals surface area contributed by atoms with Crippen LogP contribution < -0.4 is 11.5 Å². The molecule has 1 saturated heterocycles. The molecule has 0 amide bonds. The molecule has 12 heavy (non-hydrogen) atoms. The molecule has 1 rings (SSSR count). The molecule has 0 radical (unpaired) electrons. The van der Waals surface area contributed by atoms with E-state index in [1.54, 1.807) is 0 Å². The molecule has 1 heterocycles. The van der Waals surface area contributed by atoms with Crippen molar-refractivity contribution in [1.82, 2.24) is 4.90 Å². The second-order valence-electron chi connectivity index (χ2n) is 4.20. The highest BCUT2D eigenvalue weighted by Gasteiger charge is 2.29. The van der Waals surface area contributed by atoms with Crippen molar-refractivity contribution in [3.63, 3.8) is 0 Å². The summed E-state index contributed by atoms with van der Waals surface area (Å²) in [4.78, 5) is 2.46. The van der Waals surface area contributed by atoms with Crippen molar-refractivity contribution in [2.45, 2.75) is 38.3 Å². The maximum absolute atomic E-state index is 6.07. The molecular formula is C9H21N3. The van der Waals surface area contributed by atoms with E-state index in [9.17, 15) is 0 Å². The summed E-state index contributed by atoms with van der Waals surface area (Å²) in [5.74, 6) is 0. The lowest BCUT2D eigenvalue weighted by Crippen LogP contribution is -2.55. The first-order valence-corrected chi connectivity index (χ1v) is 4.80. The Morgan fingerprint density at radius 3 is 2.17 bits per heavy atom. The lowest BCUT2D eigenvalue weighted by atomic mass is 9.88. The number of piperidine rings is 1. The summed E-state index contributed by atoms with van der Waals surface area (Å²) in [6.45, 7) is 7.29. The van der Waals surface area contributed by atoms with Crippen LogP contribution in [0.15, 0.2) is 0 Å². The summed E-state index contributed by atoms with van der Waals surface area (Å²) >= 11 is 0. The minimum atomic E-state index is -0.0780. The normalized spacial score (nSPS) is 24.8. The maximum atomic E-state index is 6.07. The summed E-state index contributed by atoms with van der Waals surface area (Å²) in [6.07, 6.45) is 2.09. The molecular weight excluding hydrogens is 150 g/mol. The minimum Gasteiger partial charge on any atom is -0.329 e. The highest BCUT2D eigenvalue weighted by Crippen LogP contribution is 2.19. The van der Waals surface area contributed by atoms with E-state index in [-0.39, 0.29) is 5.54 Å². The number of rotatable bonds is 2. The summed E-state index contributed by atoms with van der Waals surface area (Å²) in [5.41, 5.74) is 11.6. The minimum absolute atomic E-state index is 0.0780. The van der Waals surface area contributed by atoms with Crippen LogP contribution >= 0.6 is 0 Å². The lowest BCUT2D eigenvalue weighted by molar-refractivity contribution is 0.135. The van der Waals surface area contributed by atoms with Crippen LogP contribution in [0.3, 0.4) is 0 Å². The van der Waals surface area contributed by atoms with Crippen LogP contribution in [0.2, 0.25) is 0 Å². The molecule has 0 atom stereocenters. The maximum Gasteiger partial charge on any atom is 0.0303 e. The Morgan fingerprint density at radius 1 is 1.33 bits per heavy atom. The first kappa shape index (κ1) is 9.96. The number of nitrogens with zero attached hydrogens (tertiary/aromatic N) is 1. The number of hydrogen-bond donors (Lipinski definition) is 2. The largest absolute Gasteiger partial charge is 0.329 e. The number of hydrogen-bond acceptors (Lipinski definition) is 3. The molecule has 72 valence electrons. The Bertz CT molecular complexity index is 137. The zero-order chi connectivity index (χ0) is 9.19. The Balaban J connectivity index is 2.39. The van der Waals surface area contributed by atoms with Gasteiger partial charge in [-0.05, 0) is 26.7 Å². The molecule has 4 N–H and O–H groups in total. The van der Waals surface area contributed by atoms with Crippen molar-refractivity contribution in [2.75, 3.05) is 19.6 Å². The van der Waals surface area contributed by atoms with E-state index in [0.29, 0.717) is 12.6 Å². The molecule has 0 saturated carbocycles. The second kappa shape index (κ2) is 3.73. The van der Waals surface area contributed by atoms with Gasteiger partial charge in [-0.25, -0.2) is 0 Å². The third kappa shape index (κ3) is 2.19. The molecule has 0 unspecified atom stereocenters. The van der Waals surface area contributed by atoms with Crippen LogP contribution in [-0.4, -0.2) is 36.1 Å². The first-order valence-electron chi connectivity index (χ1n) is 4.80. The summed E-state index contributed by atoms with van der Waals surface area (Å²) in [6, 6.07) is 0.646. The molecule has 0 aromatic carbocycles. The Labute approximate surface area is 75.1 Å². The number of nitrogens with two attached hydrogens (primary N) is 2. The fraction of sp³-hybridized carbons (Fsp3) is 1.00. The first-order chi connectivity index (χ1) is 5.57. The quantitative estimate of drug-likeness (QED) is 0.621. The molecule has 0 spiro atoms. The van der Waals surface area contributed by atoms with E-state index in [1.165, 1.54) is 0 Å². The fourth-order valence-corrected chi connectivity index (χ4v) is 1.69. The van der Waals surface area contributed by atoms with Crippen molar-refractivity contribution < 1.29 is 0 Å².